The lowest BCUT2D eigenvalue weighted by molar-refractivity contribution is 0.733. The van der Waals surface area contributed by atoms with E-state index in [1.807, 2.05) is 0 Å². The first-order valence-corrected chi connectivity index (χ1v) is 2.99. The van der Waals surface area contributed by atoms with Gasteiger partial charge in [0, 0.05) is 6.42 Å². The molecule has 2 radical (unpaired) electrons. The lowest BCUT2D eigenvalue weighted by Crippen LogP contribution is -1.74. The summed E-state index contributed by atoms with van der Waals surface area (Å²) >= 11 is 0. The smallest absolute Gasteiger partial charge is 0.0653 e. The van der Waals surface area contributed by atoms with Gasteiger partial charge in [-0.15, -0.1) is 0 Å². The van der Waals surface area contributed by atoms with Crippen LogP contribution in [0.4, 0.5) is 0 Å². The summed E-state index contributed by atoms with van der Waals surface area (Å²) < 4.78 is 0. The summed E-state index contributed by atoms with van der Waals surface area (Å²) in [4.78, 5) is 0. The molecule has 0 heterocycles. The Morgan fingerprint density at radius 1 is 1.25 bits per heavy atom. The Labute approximate surface area is 52.1 Å². The lowest BCUT2D eigenvalue weighted by Gasteiger charge is -1.89. The minimum absolute atomic E-state index is 0.681. The van der Waals surface area contributed by atoms with Crippen molar-refractivity contribution in [3.05, 3.63) is 0 Å². The third-order valence-electron chi connectivity index (χ3n) is 0.993. The average molecular weight is 107 g/mol. The summed E-state index contributed by atoms with van der Waals surface area (Å²) in [5.41, 5.74) is 0. The van der Waals surface area contributed by atoms with Crippen molar-refractivity contribution in [3.63, 3.8) is 0 Å². The minimum atomic E-state index is 0.681. The van der Waals surface area contributed by atoms with E-state index < -0.39 is 0 Å². The van der Waals surface area contributed by atoms with Gasteiger partial charge in [-0.2, -0.15) is 5.26 Å². The van der Waals surface area contributed by atoms with E-state index in [2.05, 4.69) is 6.07 Å². The average Bonchev–Trinajstić information content (AvgIpc) is 1.81. The highest BCUT2D eigenvalue weighted by molar-refractivity contribution is 6.08. The largest absolute Gasteiger partial charge is 0.198 e. The summed E-state index contributed by atoms with van der Waals surface area (Å²) in [5, 5.41) is 8.08. The van der Waals surface area contributed by atoms with Crippen LogP contribution in [0.5, 0.6) is 0 Å². The van der Waals surface area contributed by atoms with Crippen LogP contribution in [0.3, 0.4) is 0 Å². The SMILES string of the molecule is [B]CCCCCC#N. The normalized spacial score (nSPS) is 8.38. The van der Waals surface area contributed by atoms with Crippen LogP contribution in [-0.4, -0.2) is 7.85 Å². The van der Waals surface area contributed by atoms with Gasteiger partial charge in [-0.1, -0.05) is 19.2 Å². The number of hydrogen-bond donors (Lipinski definition) is 0. The van der Waals surface area contributed by atoms with Gasteiger partial charge in [-0.3, -0.25) is 0 Å². The zero-order valence-corrected chi connectivity index (χ0v) is 5.06. The highest BCUT2D eigenvalue weighted by Gasteiger charge is 1.83. The van der Waals surface area contributed by atoms with Crippen molar-refractivity contribution in [1.29, 1.82) is 5.26 Å². The molecule has 0 unspecified atom stereocenters. The molecule has 0 aliphatic rings. The van der Waals surface area contributed by atoms with Crippen LogP contribution < -0.4 is 0 Å². The summed E-state index contributed by atoms with van der Waals surface area (Å²) in [6.45, 7) is 0. The predicted octanol–water partition coefficient (Wildman–Crippen LogP) is 1.66. The second kappa shape index (κ2) is 6.55. The van der Waals surface area contributed by atoms with Crippen molar-refractivity contribution >= 4 is 7.85 Å². The van der Waals surface area contributed by atoms with Gasteiger partial charge in [0.05, 0.1) is 13.9 Å². The Balaban J connectivity index is 2.65. The van der Waals surface area contributed by atoms with Gasteiger partial charge < -0.3 is 0 Å². The third-order valence-corrected chi connectivity index (χ3v) is 0.993. The Bertz CT molecular complexity index is 75.1. The van der Waals surface area contributed by atoms with E-state index in [0.29, 0.717) is 6.42 Å². The monoisotopic (exact) mass is 107 g/mol. The molecule has 2 heteroatoms. The number of hydrogen-bond acceptors (Lipinski definition) is 1. The molecule has 0 aromatic heterocycles. The van der Waals surface area contributed by atoms with Crippen LogP contribution >= 0.6 is 0 Å². The maximum Gasteiger partial charge on any atom is 0.0653 e. The summed E-state index contributed by atoms with van der Waals surface area (Å²) in [6.07, 6.45) is 4.60. The molecule has 8 heavy (non-hydrogen) atoms. The quantitative estimate of drug-likeness (QED) is 0.395. The maximum atomic E-state index is 8.08. The minimum Gasteiger partial charge on any atom is -0.198 e. The molecule has 0 aliphatic carbocycles. The van der Waals surface area contributed by atoms with Gasteiger partial charge in [0.2, 0.25) is 0 Å². The van der Waals surface area contributed by atoms with Gasteiger partial charge in [0.15, 0.2) is 0 Å². The first kappa shape index (κ1) is 7.55. The van der Waals surface area contributed by atoms with Gasteiger partial charge in [-0.25, -0.2) is 0 Å². The van der Waals surface area contributed by atoms with Gasteiger partial charge in [0.1, 0.15) is 0 Å². The molecule has 0 aliphatic heterocycles. The van der Waals surface area contributed by atoms with Crippen molar-refractivity contribution < 1.29 is 0 Å². The number of nitriles is 1. The lowest BCUT2D eigenvalue weighted by atomic mass is 9.99. The Kier molecular flexibility index (Phi) is 6.19. The highest BCUT2D eigenvalue weighted by Crippen LogP contribution is 1.99. The van der Waals surface area contributed by atoms with Crippen LogP contribution in [0.1, 0.15) is 25.7 Å². The van der Waals surface area contributed by atoms with Crippen molar-refractivity contribution in [2.24, 2.45) is 0 Å². The first-order valence-electron chi connectivity index (χ1n) is 2.99. The first-order chi connectivity index (χ1) is 3.91. The zero-order chi connectivity index (χ0) is 6.24. The van der Waals surface area contributed by atoms with E-state index in [-0.39, 0.29) is 0 Å². The zero-order valence-electron chi connectivity index (χ0n) is 5.06. The Morgan fingerprint density at radius 2 is 2.00 bits per heavy atom. The molecule has 0 fully saturated rings. The molecule has 0 amide bonds. The fourth-order valence-electron chi connectivity index (χ4n) is 0.525. The summed E-state index contributed by atoms with van der Waals surface area (Å²) in [7, 11) is 5.23. The molecule has 0 rings (SSSR count). The van der Waals surface area contributed by atoms with E-state index >= 15 is 0 Å². The van der Waals surface area contributed by atoms with Gasteiger partial charge in [-0.05, 0) is 6.42 Å². The van der Waals surface area contributed by atoms with E-state index in [0.717, 1.165) is 25.6 Å². The maximum absolute atomic E-state index is 8.08. The van der Waals surface area contributed by atoms with Crippen LogP contribution in [0, 0.1) is 11.3 Å². The summed E-state index contributed by atoms with van der Waals surface area (Å²) in [5.74, 6) is 0. The molecule has 0 N–H and O–H groups in total. The molecule has 0 saturated carbocycles. The van der Waals surface area contributed by atoms with Crippen molar-refractivity contribution in [1.82, 2.24) is 0 Å². The van der Waals surface area contributed by atoms with Crippen LogP contribution in [0.25, 0.3) is 0 Å². The highest BCUT2D eigenvalue weighted by atomic mass is 14.2. The number of rotatable bonds is 4. The number of nitrogens with zero attached hydrogens (tertiary/aromatic N) is 1. The van der Waals surface area contributed by atoms with Gasteiger partial charge >= 0.3 is 0 Å². The van der Waals surface area contributed by atoms with Crippen LogP contribution in [0.2, 0.25) is 6.32 Å². The Morgan fingerprint density at radius 3 is 2.50 bits per heavy atom. The van der Waals surface area contributed by atoms with E-state index in [1.165, 1.54) is 0 Å². The predicted molar refractivity (Wildman–Crippen MR) is 34.6 cm³/mol. The van der Waals surface area contributed by atoms with Crippen molar-refractivity contribution in [2.75, 3.05) is 0 Å². The van der Waals surface area contributed by atoms with Crippen molar-refractivity contribution in [3.8, 4) is 6.07 Å². The van der Waals surface area contributed by atoms with Gasteiger partial charge in [0.25, 0.3) is 0 Å². The summed E-state index contributed by atoms with van der Waals surface area (Å²) in [6, 6.07) is 2.09. The second-order valence-corrected chi connectivity index (χ2v) is 1.76. The van der Waals surface area contributed by atoms with E-state index in [1.54, 1.807) is 0 Å². The standard InChI is InChI=1S/C6H10BN/c7-5-3-1-2-4-6-8/h1-5H2. The molecular formula is C6H10BN. The molecule has 0 saturated heterocycles. The Hall–Kier alpha value is -0.445. The molecule has 0 aromatic rings. The molecule has 0 aromatic carbocycles. The third kappa shape index (κ3) is 5.55. The van der Waals surface area contributed by atoms with Crippen molar-refractivity contribution in [2.45, 2.75) is 32.0 Å². The van der Waals surface area contributed by atoms with Crippen LogP contribution in [-0.2, 0) is 0 Å². The molecule has 0 bridgehead atoms. The second-order valence-electron chi connectivity index (χ2n) is 1.76. The topological polar surface area (TPSA) is 23.8 Å². The number of unbranched alkanes of at least 4 members (excludes halogenated alkanes) is 3. The van der Waals surface area contributed by atoms with E-state index in [4.69, 9.17) is 13.1 Å². The van der Waals surface area contributed by atoms with Crippen LogP contribution in [0.15, 0.2) is 0 Å². The fourth-order valence-corrected chi connectivity index (χ4v) is 0.525. The molecule has 0 spiro atoms. The fraction of sp³-hybridized carbons (Fsp3) is 0.833. The molecule has 1 nitrogen and oxygen atoms in total. The molecule has 42 valence electrons. The molecule has 0 atom stereocenters. The molecular weight excluding hydrogens is 96.9 g/mol. The van der Waals surface area contributed by atoms with E-state index in [9.17, 15) is 0 Å².